The molecule has 0 aromatic carbocycles. The van der Waals surface area contributed by atoms with Gasteiger partial charge in [0.05, 0.1) is 0 Å². The Morgan fingerprint density at radius 2 is 2.67 bits per heavy atom. The van der Waals surface area contributed by atoms with E-state index in [1.807, 2.05) is 11.8 Å². The predicted molar refractivity (Wildman–Crippen MR) is 26.6 cm³/mol. The Balaban J connectivity index is 2.18. The first-order valence-electron chi connectivity index (χ1n) is 1.98. The maximum atomic E-state index is 4.93. The third kappa shape index (κ3) is 1.05. The molecule has 35 valence electrons. The van der Waals surface area contributed by atoms with Gasteiger partial charge < -0.3 is 0 Å². The van der Waals surface area contributed by atoms with Gasteiger partial charge in [-0.1, -0.05) is 11.8 Å². The maximum Gasteiger partial charge on any atom is 0.225 e. The van der Waals surface area contributed by atoms with E-state index in [2.05, 4.69) is 6.42 Å². The van der Waals surface area contributed by atoms with Gasteiger partial charge in [-0.2, -0.15) is 0 Å². The highest BCUT2D eigenvalue weighted by Crippen LogP contribution is 2.22. The van der Waals surface area contributed by atoms with Crippen molar-refractivity contribution in [3.05, 3.63) is 6.42 Å². The molecule has 1 unspecified atom stereocenters. The van der Waals surface area contributed by atoms with Crippen molar-refractivity contribution in [2.75, 3.05) is 5.75 Å². The van der Waals surface area contributed by atoms with Gasteiger partial charge in [0.15, 0.2) is 0 Å². The average molecular weight is 123 g/mol. The molecule has 0 spiro atoms. The zero-order valence-electron chi connectivity index (χ0n) is 3.39. The van der Waals surface area contributed by atoms with Crippen LogP contribution in [0.15, 0.2) is 0 Å². The van der Waals surface area contributed by atoms with Gasteiger partial charge in [-0.3, -0.25) is 0 Å². The Morgan fingerprint density at radius 3 is 2.83 bits per heavy atom. The highest BCUT2D eigenvalue weighted by molar-refractivity contribution is 8.00. The van der Waals surface area contributed by atoms with Crippen molar-refractivity contribution >= 4 is 11.8 Å². The number of hydrogen-bond acceptors (Lipinski definition) is 1. The summed E-state index contributed by atoms with van der Waals surface area (Å²) in [5.41, 5.74) is 0. The molecule has 1 aliphatic heterocycles. The number of hydrogen-bond donors (Lipinski definition) is 0. The van der Waals surface area contributed by atoms with Crippen LogP contribution in [0.3, 0.4) is 0 Å². The second kappa shape index (κ2) is 2.08. The van der Waals surface area contributed by atoms with Crippen LogP contribution in [0.2, 0.25) is 0 Å². The Kier molecular flexibility index (Phi) is 1.66. The minimum absolute atomic E-state index is 0.491. The van der Waals surface area contributed by atoms with Crippen molar-refractivity contribution < 1.29 is 11.6 Å². The van der Waals surface area contributed by atoms with E-state index in [-0.39, 0.29) is 0 Å². The van der Waals surface area contributed by atoms with Crippen molar-refractivity contribution in [3.8, 4) is 0 Å². The van der Waals surface area contributed by atoms with Crippen LogP contribution < -0.4 is 0 Å². The van der Waals surface area contributed by atoms with E-state index >= 15 is 0 Å². The van der Waals surface area contributed by atoms with Gasteiger partial charge in [-0.25, -0.2) is 0 Å². The fourth-order valence-electron chi connectivity index (χ4n) is 0.448. The lowest BCUT2D eigenvalue weighted by Crippen LogP contribution is -1.84. The lowest BCUT2D eigenvalue weighted by molar-refractivity contribution is -0.383. The molecule has 0 aromatic heterocycles. The van der Waals surface area contributed by atoms with Gasteiger partial charge >= 0.3 is 0 Å². The summed E-state index contributed by atoms with van der Waals surface area (Å²) in [6.45, 7) is 0. The lowest BCUT2D eigenvalue weighted by Gasteiger charge is -1.77. The topological polar surface area (TPSA) is 0 Å². The molecule has 0 nitrogen and oxygen atoms in total. The molecule has 0 N–H and O–H groups in total. The van der Waals surface area contributed by atoms with Gasteiger partial charge in [0.2, 0.25) is 4.71 Å². The van der Waals surface area contributed by atoms with E-state index in [0.29, 0.717) is 4.71 Å². The average Bonchev–Trinajstić information content (AvgIpc) is 1.86. The summed E-state index contributed by atoms with van der Waals surface area (Å²) >= 11 is 6.79. The monoisotopic (exact) mass is 122 g/mol. The molecule has 0 aromatic rings. The molecule has 0 saturated carbocycles. The second-order valence-corrected chi connectivity index (χ2v) is 3.39. The molecule has 1 atom stereocenters. The molecular weight excluding hydrogens is 116 g/mol. The molecule has 0 aliphatic carbocycles. The largest absolute Gasteiger partial charge is 0.225 e. The van der Waals surface area contributed by atoms with E-state index in [0.717, 1.165) is 6.42 Å². The van der Waals surface area contributed by atoms with Crippen LogP contribution in [-0.4, -0.2) is 10.5 Å². The first-order valence-corrected chi connectivity index (χ1v) is 3.50. The van der Waals surface area contributed by atoms with Crippen LogP contribution in [0.1, 0.15) is 6.42 Å². The van der Waals surface area contributed by atoms with Crippen molar-refractivity contribution in [3.63, 3.8) is 0 Å². The van der Waals surface area contributed by atoms with E-state index in [9.17, 15) is 0 Å². The molecule has 2 heteroatoms. The normalized spacial score (nSPS) is 34.5. The van der Waals surface area contributed by atoms with Crippen LogP contribution in [0.4, 0.5) is 0 Å². The van der Waals surface area contributed by atoms with Crippen LogP contribution in [0.25, 0.3) is 0 Å². The first-order chi connectivity index (χ1) is 2.89. The maximum absolute atomic E-state index is 4.93. The summed E-state index contributed by atoms with van der Waals surface area (Å²) in [5.74, 6) is 1.17. The van der Waals surface area contributed by atoms with Crippen molar-refractivity contribution in [2.45, 2.75) is 11.1 Å². The zero-order valence-corrected chi connectivity index (χ0v) is 5.02. The molecule has 0 bridgehead atoms. The molecule has 1 aliphatic rings. The van der Waals surface area contributed by atoms with E-state index in [1.165, 1.54) is 5.75 Å². The summed E-state index contributed by atoms with van der Waals surface area (Å²) < 4.78 is 0.491. The molecule has 6 heavy (non-hydrogen) atoms. The van der Waals surface area contributed by atoms with Crippen molar-refractivity contribution in [1.82, 2.24) is 0 Å². The highest BCUT2D eigenvalue weighted by atomic mass is 35.5. The molecule has 0 amide bonds. The zero-order chi connectivity index (χ0) is 4.41. The Morgan fingerprint density at radius 1 is 1.83 bits per heavy atom. The van der Waals surface area contributed by atoms with Gasteiger partial charge in [0.1, 0.15) is 11.6 Å². The molecule has 1 rings (SSSR count). The second-order valence-electron chi connectivity index (χ2n) is 1.29. The Hall–Kier alpha value is 0.640. The summed E-state index contributed by atoms with van der Waals surface area (Å²) in [6, 6.07) is 0. The molecule has 1 saturated heterocycles. The van der Waals surface area contributed by atoms with Gasteiger partial charge in [0.25, 0.3) is 0 Å². The minimum atomic E-state index is 0.491. The highest BCUT2D eigenvalue weighted by Gasteiger charge is 2.18. The first kappa shape index (κ1) is 4.79. The van der Waals surface area contributed by atoms with Gasteiger partial charge in [0, 0.05) is 12.2 Å². The fraction of sp³-hybridized carbons (Fsp3) is 0.750. The molecule has 1 radical (unpaired) electrons. The van der Waals surface area contributed by atoms with Crippen molar-refractivity contribution in [1.29, 1.82) is 0 Å². The minimum Gasteiger partial charge on any atom is -0.0946 e. The van der Waals surface area contributed by atoms with E-state index in [1.54, 1.807) is 0 Å². The summed E-state index contributed by atoms with van der Waals surface area (Å²) in [7, 11) is 0. The number of thioether (sulfide) groups is 1. The SMILES string of the molecule is [ClH+]C1C[CH]CS1. The molecular formula is C4H7ClS+. The summed E-state index contributed by atoms with van der Waals surface area (Å²) in [6.07, 6.45) is 3.38. The van der Waals surface area contributed by atoms with Crippen LogP contribution in [0.5, 0.6) is 0 Å². The third-order valence-electron chi connectivity index (χ3n) is 0.759. The fourth-order valence-corrected chi connectivity index (χ4v) is 1.58. The predicted octanol–water partition coefficient (Wildman–Crippen LogP) is 0.935. The van der Waals surface area contributed by atoms with Crippen LogP contribution in [-0.2, 0) is 0 Å². The van der Waals surface area contributed by atoms with E-state index in [4.69, 9.17) is 11.6 Å². The summed E-state index contributed by atoms with van der Waals surface area (Å²) in [5, 5.41) is 0. The molecule has 1 fully saturated rings. The van der Waals surface area contributed by atoms with Gasteiger partial charge in [-0.05, 0) is 6.42 Å². The number of rotatable bonds is 0. The Bertz CT molecular complexity index is 40.8. The number of halogens is 1. The van der Waals surface area contributed by atoms with Crippen LogP contribution >= 0.6 is 11.8 Å². The molecule has 1 heterocycles. The smallest absolute Gasteiger partial charge is 0.0946 e. The third-order valence-corrected chi connectivity index (χ3v) is 2.35. The summed E-state index contributed by atoms with van der Waals surface area (Å²) in [4.78, 5) is 0. The Labute approximate surface area is 47.3 Å². The van der Waals surface area contributed by atoms with Crippen LogP contribution in [0, 0.1) is 18.0 Å². The van der Waals surface area contributed by atoms with Crippen molar-refractivity contribution in [2.24, 2.45) is 0 Å². The lowest BCUT2D eigenvalue weighted by atomic mass is 10.4. The quantitative estimate of drug-likeness (QED) is 0.431. The standard InChI is InChI=1S/C4H7ClS/c5-4-2-1-3-6-4/h1,4-5H,2-3H2/q+1. The number of alkyl halides is 1. The van der Waals surface area contributed by atoms with E-state index < -0.39 is 0 Å². The van der Waals surface area contributed by atoms with Gasteiger partial charge in [-0.15, -0.1) is 0 Å².